The maximum atomic E-state index is 10.5. The minimum atomic E-state index is 0.0297. The Balaban J connectivity index is 3.35. The van der Waals surface area contributed by atoms with Gasteiger partial charge < -0.3 is 9.84 Å². The molecule has 1 rings (SSSR count). The number of methoxy groups -OCH3 is 1. The van der Waals surface area contributed by atoms with Crippen LogP contribution in [0.15, 0.2) is 12.1 Å². The molecular formula is C9H10O3. The maximum absolute atomic E-state index is 10.5. The van der Waals surface area contributed by atoms with Crippen molar-refractivity contribution in [2.45, 2.75) is 6.92 Å². The first-order valence-corrected chi connectivity index (χ1v) is 3.52. The Bertz CT molecular complexity index is 305. The molecule has 0 aliphatic heterocycles. The standard InChI is InChI=1S/C9H10O3/c1-6-3-4-7(5-10)9(12-2)8(6)11/h3-5,11H,1-2H3. The van der Waals surface area contributed by atoms with Crippen LogP contribution in [0.5, 0.6) is 11.5 Å². The first-order chi connectivity index (χ1) is 5.70. The van der Waals surface area contributed by atoms with E-state index in [1.165, 1.54) is 7.11 Å². The van der Waals surface area contributed by atoms with Crippen LogP contribution in [0.2, 0.25) is 0 Å². The van der Waals surface area contributed by atoms with Crippen molar-refractivity contribution in [2.75, 3.05) is 7.11 Å². The summed E-state index contributed by atoms with van der Waals surface area (Å²) in [6.07, 6.45) is 0.651. The van der Waals surface area contributed by atoms with E-state index in [1.54, 1.807) is 19.1 Å². The van der Waals surface area contributed by atoms with E-state index in [2.05, 4.69) is 0 Å². The van der Waals surface area contributed by atoms with E-state index in [1.807, 2.05) is 0 Å². The highest BCUT2D eigenvalue weighted by molar-refractivity contribution is 5.81. The molecule has 1 aromatic carbocycles. The molecule has 0 fully saturated rings. The SMILES string of the molecule is COc1c(C=O)ccc(C)c1O. The van der Waals surface area contributed by atoms with Gasteiger partial charge in [0.2, 0.25) is 0 Å². The van der Waals surface area contributed by atoms with Crippen molar-refractivity contribution < 1.29 is 14.6 Å². The van der Waals surface area contributed by atoms with E-state index in [9.17, 15) is 9.90 Å². The van der Waals surface area contributed by atoms with E-state index in [4.69, 9.17) is 4.74 Å². The number of ether oxygens (including phenoxy) is 1. The number of hydrogen-bond donors (Lipinski definition) is 1. The van der Waals surface area contributed by atoms with Gasteiger partial charge in [0.15, 0.2) is 17.8 Å². The summed E-state index contributed by atoms with van der Waals surface area (Å²) in [6.45, 7) is 1.74. The van der Waals surface area contributed by atoms with Crippen LogP contribution in [0.3, 0.4) is 0 Å². The molecule has 0 spiro atoms. The Labute approximate surface area is 70.6 Å². The van der Waals surface area contributed by atoms with Crippen molar-refractivity contribution in [2.24, 2.45) is 0 Å². The fourth-order valence-electron chi connectivity index (χ4n) is 0.993. The summed E-state index contributed by atoms with van der Waals surface area (Å²) in [5.41, 5.74) is 1.05. The predicted molar refractivity (Wildman–Crippen MR) is 44.8 cm³/mol. The van der Waals surface area contributed by atoms with Gasteiger partial charge in [-0.3, -0.25) is 4.79 Å². The molecule has 0 aliphatic carbocycles. The maximum Gasteiger partial charge on any atom is 0.171 e. The summed E-state index contributed by atoms with van der Waals surface area (Å²) in [7, 11) is 1.42. The van der Waals surface area contributed by atoms with Crippen molar-refractivity contribution >= 4 is 6.29 Å². The normalized spacial score (nSPS) is 9.50. The third-order valence-electron chi connectivity index (χ3n) is 1.69. The smallest absolute Gasteiger partial charge is 0.171 e. The van der Waals surface area contributed by atoms with E-state index < -0.39 is 0 Å². The Morgan fingerprint density at radius 2 is 2.17 bits per heavy atom. The van der Waals surface area contributed by atoms with Gasteiger partial charge in [0.05, 0.1) is 12.7 Å². The molecule has 3 heteroatoms. The summed E-state index contributed by atoms with van der Waals surface area (Å²) in [6, 6.07) is 3.28. The second-order valence-corrected chi connectivity index (χ2v) is 2.47. The third-order valence-corrected chi connectivity index (χ3v) is 1.69. The van der Waals surface area contributed by atoms with Crippen molar-refractivity contribution in [3.05, 3.63) is 23.3 Å². The summed E-state index contributed by atoms with van der Waals surface area (Å²) < 4.78 is 4.87. The Morgan fingerprint density at radius 3 is 2.67 bits per heavy atom. The second-order valence-electron chi connectivity index (χ2n) is 2.47. The molecule has 3 nitrogen and oxygen atoms in total. The van der Waals surface area contributed by atoms with Crippen molar-refractivity contribution in [3.8, 4) is 11.5 Å². The molecule has 1 N–H and O–H groups in total. The molecule has 0 aromatic heterocycles. The Morgan fingerprint density at radius 1 is 1.50 bits per heavy atom. The zero-order valence-corrected chi connectivity index (χ0v) is 7.00. The van der Waals surface area contributed by atoms with Gasteiger partial charge in [0.25, 0.3) is 0 Å². The average molecular weight is 166 g/mol. The third kappa shape index (κ3) is 1.25. The van der Waals surface area contributed by atoms with Gasteiger partial charge in [-0.1, -0.05) is 6.07 Å². The Hall–Kier alpha value is -1.51. The van der Waals surface area contributed by atoms with Crippen LogP contribution in [0, 0.1) is 6.92 Å². The van der Waals surface area contributed by atoms with Crippen LogP contribution in [0.4, 0.5) is 0 Å². The molecule has 0 bridgehead atoms. The minimum Gasteiger partial charge on any atom is -0.504 e. The highest BCUT2D eigenvalue weighted by Crippen LogP contribution is 2.31. The number of aryl methyl sites for hydroxylation is 1. The van der Waals surface area contributed by atoms with Crippen molar-refractivity contribution in [3.63, 3.8) is 0 Å². The quantitative estimate of drug-likeness (QED) is 0.677. The molecule has 0 amide bonds. The van der Waals surface area contributed by atoms with Gasteiger partial charge in [-0.25, -0.2) is 0 Å². The van der Waals surface area contributed by atoms with E-state index in [0.717, 1.165) is 0 Å². The van der Waals surface area contributed by atoms with Crippen molar-refractivity contribution in [1.29, 1.82) is 0 Å². The van der Waals surface area contributed by atoms with Gasteiger partial charge in [-0.2, -0.15) is 0 Å². The first-order valence-electron chi connectivity index (χ1n) is 3.52. The monoisotopic (exact) mass is 166 g/mol. The number of carbonyl (C=O) groups is 1. The number of carbonyl (C=O) groups excluding carboxylic acids is 1. The number of hydrogen-bond acceptors (Lipinski definition) is 3. The molecule has 0 unspecified atom stereocenters. The number of benzene rings is 1. The highest BCUT2D eigenvalue weighted by atomic mass is 16.5. The first kappa shape index (κ1) is 8.59. The fraction of sp³-hybridized carbons (Fsp3) is 0.222. The lowest BCUT2D eigenvalue weighted by atomic mass is 10.1. The number of phenolic OH excluding ortho intramolecular Hbond substituents is 1. The van der Waals surface area contributed by atoms with Gasteiger partial charge in [-0.05, 0) is 18.6 Å². The molecule has 12 heavy (non-hydrogen) atoms. The van der Waals surface area contributed by atoms with Crippen LogP contribution >= 0.6 is 0 Å². The molecule has 0 atom stereocenters. The zero-order valence-electron chi connectivity index (χ0n) is 7.00. The molecule has 64 valence electrons. The minimum absolute atomic E-state index is 0.0297. The average Bonchev–Trinajstić information content (AvgIpc) is 2.09. The van der Waals surface area contributed by atoms with Crippen LogP contribution in [-0.2, 0) is 0 Å². The lowest BCUT2D eigenvalue weighted by molar-refractivity contribution is 0.112. The zero-order chi connectivity index (χ0) is 9.14. The predicted octanol–water partition coefficient (Wildman–Crippen LogP) is 1.52. The number of aldehydes is 1. The van der Waals surface area contributed by atoms with Crippen LogP contribution in [0.1, 0.15) is 15.9 Å². The van der Waals surface area contributed by atoms with Gasteiger partial charge in [-0.15, -0.1) is 0 Å². The van der Waals surface area contributed by atoms with Gasteiger partial charge in [0.1, 0.15) is 0 Å². The summed E-state index contributed by atoms with van der Waals surface area (Å²) in [4.78, 5) is 10.5. The van der Waals surface area contributed by atoms with Crippen LogP contribution in [0.25, 0.3) is 0 Å². The lowest BCUT2D eigenvalue weighted by Gasteiger charge is -2.07. The Kier molecular flexibility index (Phi) is 2.33. The lowest BCUT2D eigenvalue weighted by Crippen LogP contribution is -1.92. The second kappa shape index (κ2) is 3.26. The molecule has 0 aliphatic rings. The number of phenols is 1. The molecule has 0 saturated carbocycles. The molecule has 0 saturated heterocycles. The van der Waals surface area contributed by atoms with Crippen molar-refractivity contribution in [1.82, 2.24) is 0 Å². The molecule has 0 heterocycles. The van der Waals surface area contributed by atoms with Gasteiger partial charge in [0, 0.05) is 0 Å². The number of rotatable bonds is 2. The highest BCUT2D eigenvalue weighted by Gasteiger charge is 2.09. The largest absolute Gasteiger partial charge is 0.504 e. The van der Waals surface area contributed by atoms with E-state index >= 15 is 0 Å². The fourth-order valence-corrected chi connectivity index (χ4v) is 0.993. The van der Waals surface area contributed by atoms with Crippen LogP contribution < -0.4 is 4.74 Å². The molecular weight excluding hydrogens is 156 g/mol. The molecule has 1 aromatic rings. The summed E-state index contributed by atoms with van der Waals surface area (Å²) in [5, 5.41) is 9.43. The molecule has 0 radical (unpaired) electrons. The van der Waals surface area contributed by atoms with Crippen LogP contribution in [-0.4, -0.2) is 18.5 Å². The van der Waals surface area contributed by atoms with Gasteiger partial charge >= 0.3 is 0 Å². The summed E-state index contributed by atoms with van der Waals surface area (Å²) >= 11 is 0. The van der Waals surface area contributed by atoms with E-state index in [0.29, 0.717) is 17.4 Å². The topological polar surface area (TPSA) is 46.5 Å². The van der Waals surface area contributed by atoms with E-state index in [-0.39, 0.29) is 11.5 Å². The summed E-state index contributed by atoms with van der Waals surface area (Å²) in [5.74, 6) is 0.270. The number of aromatic hydroxyl groups is 1.